The second-order valence-corrected chi connectivity index (χ2v) is 12.3. The highest BCUT2D eigenvalue weighted by molar-refractivity contribution is 7.90. The number of hydrogen-bond acceptors (Lipinski definition) is 6. The Hall–Kier alpha value is -3.36. The molecule has 3 aromatic rings. The Morgan fingerprint density at radius 1 is 1.10 bits per heavy atom. The van der Waals surface area contributed by atoms with Gasteiger partial charge in [0.15, 0.2) is 9.84 Å². The summed E-state index contributed by atoms with van der Waals surface area (Å²) in [4.78, 5) is 2.54. The van der Waals surface area contributed by atoms with Gasteiger partial charge in [0.1, 0.15) is 12.3 Å². The Labute approximate surface area is 233 Å². The number of nitrogens with one attached hydrogen (secondary N) is 2. The van der Waals surface area contributed by atoms with Crippen LogP contribution < -0.4 is 15.4 Å². The molecule has 0 amide bonds. The van der Waals surface area contributed by atoms with Gasteiger partial charge in [-0.1, -0.05) is 12.0 Å². The SMILES string of the molecule is COc1cc(S(C)(=O)=O)ccc1NCC#Cc1cc2c(NC3CCN(C(C)C)CC3)cccc2n1CC(F)(F)F. The van der Waals surface area contributed by atoms with E-state index >= 15 is 0 Å². The standard InChI is InChI=1S/C29H35F3N4O3S/c1-20(2)35-15-12-21(13-16-35)34-25-8-5-9-27-24(25)17-22(36(27)19-29(30,31)32)7-6-14-33-26-11-10-23(40(4,37)38)18-28(26)39-3/h5,8-11,17-18,20-21,33-34H,12-16,19H2,1-4H3. The van der Waals surface area contributed by atoms with Crippen molar-refractivity contribution in [3.8, 4) is 17.6 Å². The highest BCUT2D eigenvalue weighted by Gasteiger charge is 2.30. The van der Waals surface area contributed by atoms with Gasteiger partial charge < -0.3 is 24.8 Å². The number of sulfone groups is 1. The second kappa shape index (κ2) is 12.0. The number of aromatic nitrogens is 1. The van der Waals surface area contributed by atoms with Gasteiger partial charge in [-0.2, -0.15) is 13.2 Å². The van der Waals surface area contributed by atoms with Crippen molar-refractivity contribution in [1.82, 2.24) is 9.47 Å². The number of piperidine rings is 1. The van der Waals surface area contributed by atoms with E-state index in [1.807, 2.05) is 6.07 Å². The predicted molar refractivity (Wildman–Crippen MR) is 153 cm³/mol. The van der Waals surface area contributed by atoms with Crippen molar-refractivity contribution in [1.29, 1.82) is 0 Å². The van der Waals surface area contributed by atoms with Gasteiger partial charge in [0.25, 0.3) is 0 Å². The molecule has 1 fully saturated rings. The van der Waals surface area contributed by atoms with Gasteiger partial charge >= 0.3 is 6.18 Å². The maximum atomic E-state index is 13.6. The number of ether oxygens (including phenoxy) is 1. The number of rotatable bonds is 8. The summed E-state index contributed by atoms with van der Waals surface area (Å²) in [7, 11) is -1.98. The molecule has 0 aliphatic carbocycles. The van der Waals surface area contributed by atoms with Crippen molar-refractivity contribution in [2.45, 2.75) is 56.4 Å². The van der Waals surface area contributed by atoms with Gasteiger partial charge in [0.2, 0.25) is 0 Å². The molecule has 2 heterocycles. The van der Waals surface area contributed by atoms with Crippen LogP contribution >= 0.6 is 0 Å². The number of halogens is 3. The fraction of sp³-hybridized carbons (Fsp3) is 0.448. The van der Waals surface area contributed by atoms with E-state index in [0.717, 1.165) is 37.9 Å². The fourth-order valence-corrected chi connectivity index (χ4v) is 5.60. The summed E-state index contributed by atoms with van der Waals surface area (Å²) in [5, 5.41) is 7.32. The zero-order chi connectivity index (χ0) is 29.1. The summed E-state index contributed by atoms with van der Waals surface area (Å²) >= 11 is 0. The lowest BCUT2D eigenvalue weighted by molar-refractivity contribution is -0.140. The first-order valence-corrected chi connectivity index (χ1v) is 15.1. The summed E-state index contributed by atoms with van der Waals surface area (Å²) in [5.41, 5.74) is 2.06. The van der Waals surface area contributed by atoms with Crippen LogP contribution in [0.25, 0.3) is 10.9 Å². The first kappa shape index (κ1) is 29.6. The van der Waals surface area contributed by atoms with E-state index in [0.29, 0.717) is 28.4 Å². The van der Waals surface area contributed by atoms with Gasteiger partial charge in [-0.25, -0.2) is 8.42 Å². The third-order valence-corrected chi connectivity index (χ3v) is 8.20. The van der Waals surface area contributed by atoms with Crippen LogP contribution in [0.15, 0.2) is 47.4 Å². The smallest absolute Gasteiger partial charge is 0.406 e. The molecule has 2 N–H and O–H groups in total. The molecule has 0 unspecified atom stereocenters. The van der Waals surface area contributed by atoms with Gasteiger partial charge in [-0.3, -0.25) is 0 Å². The van der Waals surface area contributed by atoms with Crippen LogP contribution in [0.4, 0.5) is 24.5 Å². The van der Waals surface area contributed by atoms with Crippen molar-refractivity contribution in [3.05, 3.63) is 48.2 Å². The molecule has 0 radical (unpaired) electrons. The number of hydrogen-bond donors (Lipinski definition) is 2. The maximum Gasteiger partial charge on any atom is 0.406 e. The number of alkyl halides is 3. The molecule has 1 aliphatic rings. The summed E-state index contributed by atoms with van der Waals surface area (Å²) in [6.45, 7) is 5.28. The molecule has 1 aliphatic heterocycles. The van der Waals surface area contributed by atoms with E-state index in [-0.39, 0.29) is 23.2 Å². The highest BCUT2D eigenvalue weighted by atomic mass is 32.2. The number of fused-ring (bicyclic) bond motifs is 1. The quantitative estimate of drug-likeness (QED) is 0.352. The average molecular weight is 577 g/mol. The molecule has 216 valence electrons. The summed E-state index contributed by atoms with van der Waals surface area (Å²) in [5.74, 6) is 6.12. The van der Waals surface area contributed by atoms with E-state index < -0.39 is 22.6 Å². The molecule has 1 saturated heterocycles. The zero-order valence-electron chi connectivity index (χ0n) is 23.1. The lowest BCUT2D eigenvalue weighted by Gasteiger charge is -2.35. The molecule has 40 heavy (non-hydrogen) atoms. The number of likely N-dealkylation sites (tertiary alicyclic amines) is 1. The van der Waals surface area contributed by atoms with Crippen molar-refractivity contribution >= 4 is 32.1 Å². The van der Waals surface area contributed by atoms with Crippen LogP contribution in [0.5, 0.6) is 5.75 Å². The van der Waals surface area contributed by atoms with Crippen molar-refractivity contribution in [2.24, 2.45) is 0 Å². The third-order valence-electron chi connectivity index (χ3n) is 7.09. The molecule has 0 saturated carbocycles. The molecule has 0 bridgehead atoms. The van der Waals surface area contributed by atoms with Crippen molar-refractivity contribution < 1.29 is 26.3 Å². The summed E-state index contributed by atoms with van der Waals surface area (Å²) in [6, 6.07) is 12.2. The topological polar surface area (TPSA) is 75.6 Å². The van der Waals surface area contributed by atoms with Crippen LogP contribution in [-0.4, -0.2) is 69.1 Å². The van der Waals surface area contributed by atoms with Gasteiger partial charge in [-0.05, 0) is 62.9 Å². The number of methoxy groups -OCH3 is 1. The maximum absolute atomic E-state index is 13.6. The van der Waals surface area contributed by atoms with E-state index in [1.54, 1.807) is 24.3 Å². The molecule has 2 aromatic carbocycles. The third kappa shape index (κ3) is 7.23. The molecule has 11 heteroatoms. The lowest BCUT2D eigenvalue weighted by Crippen LogP contribution is -2.42. The van der Waals surface area contributed by atoms with Gasteiger partial charge in [-0.15, -0.1) is 0 Å². The summed E-state index contributed by atoms with van der Waals surface area (Å²) < 4.78 is 70.8. The average Bonchev–Trinajstić information content (AvgIpc) is 3.23. The first-order valence-electron chi connectivity index (χ1n) is 13.2. The number of nitrogens with zero attached hydrogens (tertiary/aromatic N) is 2. The minimum Gasteiger partial charge on any atom is -0.495 e. The van der Waals surface area contributed by atoms with E-state index in [9.17, 15) is 21.6 Å². The first-order chi connectivity index (χ1) is 18.9. The normalized spacial score (nSPS) is 15.2. The van der Waals surface area contributed by atoms with Gasteiger partial charge in [0.05, 0.1) is 35.4 Å². The van der Waals surface area contributed by atoms with Crippen LogP contribution in [0.3, 0.4) is 0 Å². The predicted octanol–water partition coefficient (Wildman–Crippen LogP) is 5.36. The molecule has 0 atom stereocenters. The van der Waals surface area contributed by atoms with Crippen LogP contribution in [0, 0.1) is 11.8 Å². The molecular formula is C29H35F3N4O3S. The van der Waals surface area contributed by atoms with Crippen molar-refractivity contribution in [3.63, 3.8) is 0 Å². The minimum atomic E-state index is -4.41. The van der Waals surface area contributed by atoms with Gasteiger partial charge in [0, 0.05) is 48.6 Å². The van der Waals surface area contributed by atoms with Crippen LogP contribution in [0.1, 0.15) is 32.4 Å². The summed E-state index contributed by atoms with van der Waals surface area (Å²) in [6.07, 6.45) is -1.38. The Balaban J connectivity index is 1.57. The highest BCUT2D eigenvalue weighted by Crippen LogP contribution is 2.32. The number of benzene rings is 2. The molecule has 0 spiro atoms. The zero-order valence-corrected chi connectivity index (χ0v) is 23.9. The molecule has 1 aromatic heterocycles. The monoisotopic (exact) mass is 576 g/mol. The Morgan fingerprint density at radius 3 is 2.45 bits per heavy atom. The van der Waals surface area contributed by atoms with Crippen LogP contribution in [0.2, 0.25) is 0 Å². The lowest BCUT2D eigenvalue weighted by atomic mass is 10.0. The van der Waals surface area contributed by atoms with E-state index in [2.05, 4.69) is 41.2 Å². The van der Waals surface area contributed by atoms with E-state index in [4.69, 9.17) is 4.74 Å². The second-order valence-electron chi connectivity index (χ2n) is 10.3. The van der Waals surface area contributed by atoms with E-state index in [1.165, 1.54) is 23.8 Å². The van der Waals surface area contributed by atoms with Crippen molar-refractivity contribution in [2.75, 3.05) is 43.6 Å². The Morgan fingerprint density at radius 2 is 1.82 bits per heavy atom. The molecule has 4 rings (SSSR count). The van der Waals surface area contributed by atoms with Crippen LogP contribution in [-0.2, 0) is 16.4 Å². The number of anilines is 2. The Bertz CT molecular complexity index is 1510. The molecule has 7 nitrogen and oxygen atoms in total. The fourth-order valence-electron chi connectivity index (χ4n) is 4.97. The minimum absolute atomic E-state index is 0.113. The largest absolute Gasteiger partial charge is 0.495 e. The Kier molecular flexibility index (Phi) is 8.90. The molecular weight excluding hydrogens is 541 g/mol.